The molecule has 90 valence electrons. The van der Waals surface area contributed by atoms with Gasteiger partial charge in [-0.3, -0.25) is 0 Å². The number of nitrogen functional groups attached to an aromatic ring is 1. The monoisotopic (exact) mass is 241 g/mol. The zero-order valence-electron chi connectivity index (χ0n) is 9.45. The van der Waals surface area contributed by atoms with Gasteiger partial charge in [0.05, 0.1) is 16.9 Å². The highest BCUT2D eigenvalue weighted by atomic mass is 16.4. The molecule has 0 aliphatic carbocycles. The van der Waals surface area contributed by atoms with Gasteiger partial charge in [-0.25, -0.2) is 4.79 Å². The third-order valence-corrected chi connectivity index (χ3v) is 2.27. The maximum Gasteiger partial charge on any atom is 0.335 e. The molecule has 0 aliphatic heterocycles. The highest BCUT2D eigenvalue weighted by Gasteiger charge is 2.00. The van der Waals surface area contributed by atoms with E-state index in [9.17, 15) is 4.79 Å². The van der Waals surface area contributed by atoms with Crippen LogP contribution in [0.2, 0.25) is 0 Å². The van der Waals surface area contributed by atoms with E-state index in [0.29, 0.717) is 17.1 Å². The Kier molecular flexibility index (Phi) is 3.33. The largest absolute Gasteiger partial charge is 0.478 e. The van der Waals surface area contributed by atoms with Crippen molar-refractivity contribution in [1.82, 2.24) is 0 Å². The lowest BCUT2D eigenvalue weighted by Gasteiger charge is -1.96. The number of carboxylic acids is 1. The molecule has 0 heterocycles. The Morgan fingerprint density at radius 1 is 1.00 bits per heavy atom. The van der Waals surface area contributed by atoms with Gasteiger partial charge >= 0.3 is 5.97 Å². The summed E-state index contributed by atoms with van der Waals surface area (Å²) in [5.74, 6) is -0.964. The smallest absolute Gasteiger partial charge is 0.335 e. The summed E-state index contributed by atoms with van der Waals surface area (Å²) < 4.78 is 0. The van der Waals surface area contributed by atoms with Crippen LogP contribution in [-0.2, 0) is 0 Å². The lowest BCUT2D eigenvalue weighted by atomic mass is 10.2. The summed E-state index contributed by atoms with van der Waals surface area (Å²) in [7, 11) is 0. The molecule has 0 bridgehead atoms. The van der Waals surface area contributed by atoms with Crippen LogP contribution in [0.4, 0.5) is 17.1 Å². The molecule has 0 spiro atoms. The summed E-state index contributed by atoms with van der Waals surface area (Å²) in [6.45, 7) is 0. The van der Waals surface area contributed by atoms with Crippen LogP contribution in [0.25, 0.3) is 0 Å². The highest BCUT2D eigenvalue weighted by molar-refractivity contribution is 5.87. The van der Waals surface area contributed by atoms with Crippen LogP contribution in [0.5, 0.6) is 0 Å². The zero-order valence-corrected chi connectivity index (χ0v) is 9.45. The molecule has 0 aliphatic rings. The number of carboxylic acid groups (broad SMARTS) is 1. The van der Waals surface area contributed by atoms with Gasteiger partial charge < -0.3 is 10.8 Å². The van der Waals surface area contributed by atoms with Crippen molar-refractivity contribution in [2.75, 3.05) is 5.73 Å². The second kappa shape index (κ2) is 5.09. The molecule has 0 amide bonds. The summed E-state index contributed by atoms with van der Waals surface area (Å²) in [6.07, 6.45) is 0. The van der Waals surface area contributed by atoms with Crippen molar-refractivity contribution in [1.29, 1.82) is 0 Å². The fourth-order valence-electron chi connectivity index (χ4n) is 1.37. The molecule has 0 radical (unpaired) electrons. The van der Waals surface area contributed by atoms with Crippen molar-refractivity contribution in [3.63, 3.8) is 0 Å². The van der Waals surface area contributed by atoms with E-state index < -0.39 is 5.97 Å². The van der Waals surface area contributed by atoms with Crippen molar-refractivity contribution in [2.24, 2.45) is 10.2 Å². The summed E-state index contributed by atoms with van der Waals surface area (Å²) in [6, 6.07) is 13.2. The Morgan fingerprint density at radius 3 is 2.28 bits per heavy atom. The van der Waals surface area contributed by atoms with E-state index in [0.717, 1.165) is 0 Å². The van der Waals surface area contributed by atoms with E-state index in [2.05, 4.69) is 10.2 Å². The van der Waals surface area contributed by atoms with Gasteiger partial charge in [0.25, 0.3) is 0 Å². The van der Waals surface area contributed by atoms with Crippen LogP contribution in [-0.4, -0.2) is 11.1 Å². The van der Waals surface area contributed by atoms with Crippen molar-refractivity contribution in [3.8, 4) is 0 Å². The lowest BCUT2D eigenvalue weighted by Crippen LogP contribution is -1.93. The summed E-state index contributed by atoms with van der Waals surface area (Å²) in [4.78, 5) is 10.7. The molecule has 3 N–H and O–H groups in total. The normalized spacial score (nSPS) is 10.7. The van der Waals surface area contributed by atoms with Crippen LogP contribution in [0.15, 0.2) is 58.8 Å². The Balaban J connectivity index is 2.16. The second-order valence-corrected chi connectivity index (χ2v) is 3.65. The Bertz CT molecular complexity index is 591. The quantitative estimate of drug-likeness (QED) is 0.637. The zero-order chi connectivity index (χ0) is 13.0. The minimum atomic E-state index is -0.964. The van der Waals surface area contributed by atoms with Gasteiger partial charge in [0, 0.05) is 5.69 Å². The molecule has 0 aromatic heterocycles. The van der Waals surface area contributed by atoms with Gasteiger partial charge in [-0.2, -0.15) is 10.2 Å². The molecular formula is C13H11N3O2. The van der Waals surface area contributed by atoms with Gasteiger partial charge in [0.1, 0.15) is 0 Å². The second-order valence-electron chi connectivity index (χ2n) is 3.65. The molecule has 18 heavy (non-hydrogen) atoms. The summed E-state index contributed by atoms with van der Waals surface area (Å²) in [5.41, 5.74) is 7.69. The molecule has 5 nitrogen and oxygen atoms in total. The standard InChI is InChI=1S/C13H11N3O2/c14-10-2-1-3-12(8-10)16-15-11-6-4-9(5-7-11)13(17)18/h1-8H,14H2,(H,17,18). The minimum absolute atomic E-state index is 0.220. The predicted octanol–water partition coefficient (Wildman–Crippen LogP) is 3.38. The van der Waals surface area contributed by atoms with E-state index in [-0.39, 0.29) is 5.56 Å². The predicted molar refractivity (Wildman–Crippen MR) is 68.4 cm³/mol. The number of anilines is 1. The van der Waals surface area contributed by atoms with Crippen LogP contribution >= 0.6 is 0 Å². The number of rotatable bonds is 3. The number of azo groups is 1. The third kappa shape index (κ3) is 2.91. The van der Waals surface area contributed by atoms with Crippen LogP contribution in [0, 0.1) is 0 Å². The maximum absolute atomic E-state index is 10.7. The van der Waals surface area contributed by atoms with E-state index in [1.54, 1.807) is 36.4 Å². The average molecular weight is 241 g/mol. The van der Waals surface area contributed by atoms with E-state index in [1.807, 2.05) is 0 Å². The number of aromatic carboxylic acids is 1. The van der Waals surface area contributed by atoms with Gasteiger partial charge in [0.15, 0.2) is 0 Å². The highest BCUT2D eigenvalue weighted by Crippen LogP contribution is 2.20. The van der Waals surface area contributed by atoms with Gasteiger partial charge in [-0.1, -0.05) is 6.07 Å². The molecular weight excluding hydrogens is 230 g/mol. The Hall–Kier alpha value is -2.69. The summed E-state index contributed by atoms with van der Waals surface area (Å²) >= 11 is 0. The molecule has 5 heteroatoms. The first kappa shape index (κ1) is 11.8. The Morgan fingerprint density at radius 2 is 1.67 bits per heavy atom. The van der Waals surface area contributed by atoms with Crippen LogP contribution in [0.3, 0.4) is 0 Å². The first-order valence-electron chi connectivity index (χ1n) is 5.26. The first-order chi connectivity index (χ1) is 8.65. The van der Waals surface area contributed by atoms with Crippen molar-refractivity contribution in [2.45, 2.75) is 0 Å². The van der Waals surface area contributed by atoms with Gasteiger partial charge in [-0.15, -0.1) is 0 Å². The maximum atomic E-state index is 10.7. The number of nitrogens with zero attached hydrogens (tertiary/aromatic N) is 2. The van der Waals surface area contributed by atoms with Crippen molar-refractivity contribution in [3.05, 3.63) is 54.1 Å². The molecule has 2 rings (SSSR count). The number of nitrogens with two attached hydrogens (primary N) is 1. The molecule has 0 saturated heterocycles. The number of carbonyl (C=O) groups is 1. The topological polar surface area (TPSA) is 88.0 Å². The van der Waals surface area contributed by atoms with Crippen molar-refractivity contribution >= 4 is 23.0 Å². The molecule has 0 atom stereocenters. The summed E-state index contributed by atoms with van der Waals surface area (Å²) in [5, 5.41) is 16.8. The molecule has 0 fully saturated rings. The molecule has 2 aromatic rings. The first-order valence-corrected chi connectivity index (χ1v) is 5.26. The molecule has 2 aromatic carbocycles. The Labute approximate surface area is 104 Å². The van der Waals surface area contributed by atoms with Gasteiger partial charge in [-0.05, 0) is 42.5 Å². The SMILES string of the molecule is Nc1cccc(N=Nc2ccc(C(=O)O)cc2)c1. The fourth-order valence-corrected chi connectivity index (χ4v) is 1.37. The van der Waals surface area contributed by atoms with Gasteiger partial charge in [0.2, 0.25) is 0 Å². The van der Waals surface area contributed by atoms with E-state index in [4.69, 9.17) is 10.8 Å². The third-order valence-electron chi connectivity index (χ3n) is 2.27. The van der Waals surface area contributed by atoms with Crippen LogP contribution in [0.1, 0.15) is 10.4 Å². The molecule has 0 unspecified atom stereocenters. The van der Waals surface area contributed by atoms with E-state index in [1.165, 1.54) is 12.1 Å². The molecule has 0 saturated carbocycles. The van der Waals surface area contributed by atoms with Crippen LogP contribution < -0.4 is 5.73 Å². The van der Waals surface area contributed by atoms with E-state index >= 15 is 0 Å². The van der Waals surface area contributed by atoms with Crippen molar-refractivity contribution < 1.29 is 9.90 Å². The fraction of sp³-hybridized carbons (Fsp3) is 0. The number of hydrogen-bond donors (Lipinski definition) is 2. The average Bonchev–Trinajstić information content (AvgIpc) is 2.37. The lowest BCUT2D eigenvalue weighted by molar-refractivity contribution is 0.0697. The minimum Gasteiger partial charge on any atom is -0.478 e. The number of benzene rings is 2. The number of hydrogen-bond acceptors (Lipinski definition) is 4.